The lowest BCUT2D eigenvalue weighted by Crippen LogP contribution is -2.41. The Morgan fingerprint density at radius 2 is 1.88 bits per heavy atom. The quantitative estimate of drug-likeness (QED) is 0.633. The highest BCUT2D eigenvalue weighted by molar-refractivity contribution is 5.68. The Hall–Kier alpha value is -2.97. The fourth-order valence-electron chi connectivity index (χ4n) is 4.39. The van der Waals surface area contributed by atoms with Gasteiger partial charge in [-0.05, 0) is 81.8 Å². The van der Waals surface area contributed by atoms with E-state index in [0.717, 1.165) is 24.0 Å². The van der Waals surface area contributed by atoms with Crippen molar-refractivity contribution in [3.8, 4) is 0 Å². The molecule has 9 heteroatoms. The third-order valence-corrected chi connectivity index (χ3v) is 6.12. The molecule has 0 aliphatic carbocycles. The van der Waals surface area contributed by atoms with Crippen molar-refractivity contribution in [1.29, 1.82) is 0 Å². The van der Waals surface area contributed by atoms with Gasteiger partial charge in [0, 0.05) is 32.3 Å². The lowest BCUT2D eigenvalue weighted by molar-refractivity contribution is 0.0203. The van der Waals surface area contributed by atoms with E-state index in [0.29, 0.717) is 30.5 Å². The molecular formula is C25H33F2N5O2. The fourth-order valence-corrected chi connectivity index (χ4v) is 4.39. The zero-order valence-electron chi connectivity index (χ0n) is 20.3. The molecule has 0 radical (unpaired) electrons. The van der Waals surface area contributed by atoms with E-state index in [9.17, 15) is 13.6 Å². The van der Waals surface area contributed by atoms with E-state index in [2.05, 4.69) is 15.3 Å². The van der Waals surface area contributed by atoms with Crippen molar-refractivity contribution in [2.75, 3.05) is 36.4 Å². The molecule has 0 unspecified atom stereocenters. The summed E-state index contributed by atoms with van der Waals surface area (Å²) in [5, 5.41) is 3.24. The van der Waals surface area contributed by atoms with Crippen LogP contribution in [-0.2, 0) is 4.74 Å². The van der Waals surface area contributed by atoms with Crippen LogP contribution in [0.2, 0.25) is 0 Å². The van der Waals surface area contributed by atoms with Gasteiger partial charge in [-0.15, -0.1) is 0 Å². The van der Waals surface area contributed by atoms with Crippen LogP contribution in [0.5, 0.6) is 0 Å². The van der Waals surface area contributed by atoms with Gasteiger partial charge in [0.25, 0.3) is 5.92 Å². The number of piperidine rings is 1. The highest BCUT2D eigenvalue weighted by Gasteiger charge is 2.39. The molecule has 4 rings (SSSR count). The molecule has 2 aliphatic heterocycles. The number of amides is 1. The molecule has 0 bridgehead atoms. The molecule has 4 heterocycles. The predicted molar refractivity (Wildman–Crippen MR) is 128 cm³/mol. The molecule has 7 nitrogen and oxygen atoms in total. The van der Waals surface area contributed by atoms with Gasteiger partial charge in [-0.25, -0.2) is 23.5 Å². The van der Waals surface area contributed by atoms with E-state index in [-0.39, 0.29) is 31.5 Å². The summed E-state index contributed by atoms with van der Waals surface area (Å²) >= 11 is 0. The number of aromatic nitrogens is 2. The van der Waals surface area contributed by atoms with E-state index in [1.807, 2.05) is 52.0 Å². The fraction of sp³-hybridized carbons (Fsp3) is 0.560. The van der Waals surface area contributed by atoms with Gasteiger partial charge in [-0.2, -0.15) is 0 Å². The lowest BCUT2D eigenvalue weighted by atomic mass is 9.90. The minimum absolute atomic E-state index is 0.171. The maximum atomic E-state index is 13.9. The number of carbonyl (C=O) groups is 1. The largest absolute Gasteiger partial charge is 0.444 e. The zero-order chi connectivity index (χ0) is 24.5. The van der Waals surface area contributed by atoms with Gasteiger partial charge >= 0.3 is 6.09 Å². The number of ether oxygens (including phenoxy) is 1. The molecule has 0 atom stereocenters. The van der Waals surface area contributed by atoms with Gasteiger partial charge < -0.3 is 19.9 Å². The minimum Gasteiger partial charge on any atom is -0.444 e. The SMILES string of the molecule is Cc1ccnc(Nc2cc(C3CCN(C(=O)OC(C)(C)C)CC3)cc(N3CCC(F)(F)C3)n2)c1. The first-order valence-electron chi connectivity index (χ1n) is 11.8. The number of hydrogen-bond acceptors (Lipinski definition) is 6. The molecule has 34 heavy (non-hydrogen) atoms. The van der Waals surface area contributed by atoms with E-state index in [1.54, 1.807) is 16.0 Å². The Kier molecular flexibility index (Phi) is 6.64. The van der Waals surface area contributed by atoms with Crippen LogP contribution < -0.4 is 10.2 Å². The molecule has 184 valence electrons. The van der Waals surface area contributed by atoms with Crippen LogP contribution in [0.1, 0.15) is 57.1 Å². The third kappa shape index (κ3) is 6.12. The summed E-state index contributed by atoms with van der Waals surface area (Å²) < 4.78 is 33.3. The van der Waals surface area contributed by atoms with Crippen molar-refractivity contribution >= 4 is 23.5 Å². The summed E-state index contributed by atoms with van der Waals surface area (Å²) in [5.41, 5.74) is 1.55. The first-order valence-corrected chi connectivity index (χ1v) is 11.8. The topological polar surface area (TPSA) is 70.6 Å². The highest BCUT2D eigenvalue weighted by atomic mass is 19.3. The van der Waals surface area contributed by atoms with Gasteiger partial charge in [0.1, 0.15) is 23.1 Å². The highest BCUT2D eigenvalue weighted by Crippen LogP contribution is 2.35. The Bertz CT molecular complexity index is 1030. The summed E-state index contributed by atoms with van der Waals surface area (Å²) in [6.07, 6.45) is 2.78. The summed E-state index contributed by atoms with van der Waals surface area (Å²) in [5.74, 6) is -0.742. The zero-order valence-corrected chi connectivity index (χ0v) is 20.3. The molecule has 1 N–H and O–H groups in total. The van der Waals surface area contributed by atoms with Gasteiger partial charge in [-0.3, -0.25) is 0 Å². The number of alkyl halides is 2. The van der Waals surface area contributed by atoms with Crippen LogP contribution in [0.4, 0.5) is 31.0 Å². The third-order valence-electron chi connectivity index (χ3n) is 6.12. The predicted octanol–water partition coefficient (Wildman–Crippen LogP) is 5.49. The maximum Gasteiger partial charge on any atom is 0.410 e. The van der Waals surface area contributed by atoms with Crippen molar-refractivity contribution in [3.05, 3.63) is 41.6 Å². The van der Waals surface area contributed by atoms with E-state index >= 15 is 0 Å². The average Bonchev–Trinajstić information content (AvgIpc) is 3.12. The average molecular weight is 474 g/mol. The van der Waals surface area contributed by atoms with Crippen LogP contribution >= 0.6 is 0 Å². The number of rotatable bonds is 4. The van der Waals surface area contributed by atoms with Gasteiger partial charge in [-0.1, -0.05) is 0 Å². The normalized spacial score (nSPS) is 18.8. The molecule has 1 amide bonds. The molecule has 2 aliphatic rings. The molecule has 0 spiro atoms. The van der Waals surface area contributed by atoms with Gasteiger partial charge in [0.2, 0.25) is 0 Å². The van der Waals surface area contributed by atoms with Crippen LogP contribution in [-0.4, -0.2) is 58.7 Å². The molecule has 0 aromatic carbocycles. The van der Waals surface area contributed by atoms with Crippen LogP contribution in [0, 0.1) is 6.92 Å². The second-order valence-electron chi connectivity index (χ2n) is 10.3. The van der Waals surface area contributed by atoms with E-state index in [1.165, 1.54) is 0 Å². The molecule has 2 aromatic heterocycles. The monoisotopic (exact) mass is 473 g/mol. The van der Waals surface area contributed by atoms with Crippen LogP contribution in [0.15, 0.2) is 30.5 Å². The smallest absolute Gasteiger partial charge is 0.410 e. The lowest BCUT2D eigenvalue weighted by Gasteiger charge is -2.34. The van der Waals surface area contributed by atoms with Crippen molar-refractivity contribution in [3.63, 3.8) is 0 Å². The summed E-state index contributed by atoms with van der Waals surface area (Å²) in [7, 11) is 0. The number of carbonyl (C=O) groups excluding carboxylic acids is 1. The Morgan fingerprint density at radius 3 is 2.50 bits per heavy atom. The van der Waals surface area contributed by atoms with Gasteiger partial charge in [0.15, 0.2) is 0 Å². The first kappa shape index (κ1) is 24.2. The number of nitrogens with zero attached hydrogens (tertiary/aromatic N) is 4. The summed E-state index contributed by atoms with van der Waals surface area (Å²) in [4.78, 5) is 24.8. The molecular weight excluding hydrogens is 440 g/mol. The standard InChI is InChI=1S/C25H33F2N5O2/c1-17-5-9-28-20(13-17)29-21-14-19(15-22(30-21)32-12-8-25(26,27)16-32)18-6-10-31(11-7-18)23(33)34-24(2,3)4/h5,9,13-15,18H,6-8,10-12,16H2,1-4H3,(H,28,29,30). The van der Waals surface area contributed by atoms with Crippen molar-refractivity contribution in [2.24, 2.45) is 0 Å². The number of halogens is 2. The van der Waals surface area contributed by atoms with E-state index in [4.69, 9.17) is 4.74 Å². The number of pyridine rings is 2. The van der Waals surface area contributed by atoms with Crippen LogP contribution in [0.3, 0.4) is 0 Å². The second kappa shape index (κ2) is 9.35. The first-order chi connectivity index (χ1) is 16.0. The Balaban J connectivity index is 1.54. The number of aryl methyl sites for hydroxylation is 1. The molecule has 2 saturated heterocycles. The Labute approximate surface area is 199 Å². The van der Waals surface area contributed by atoms with Gasteiger partial charge in [0.05, 0.1) is 6.54 Å². The summed E-state index contributed by atoms with van der Waals surface area (Å²) in [6.45, 7) is 8.65. The number of hydrogen-bond donors (Lipinski definition) is 1. The van der Waals surface area contributed by atoms with Crippen molar-refractivity contribution in [2.45, 2.75) is 64.4 Å². The Morgan fingerprint density at radius 1 is 1.15 bits per heavy atom. The van der Waals surface area contributed by atoms with Crippen molar-refractivity contribution < 1.29 is 18.3 Å². The van der Waals surface area contributed by atoms with E-state index < -0.39 is 11.5 Å². The number of anilines is 3. The minimum atomic E-state index is -2.71. The number of nitrogens with one attached hydrogen (secondary N) is 1. The summed E-state index contributed by atoms with van der Waals surface area (Å²) in [6, 6.07) is 7.71. The maximum absolute atomic E-state index is 13.9. The molecule has 2 aromatic rings. The second-order valence-corrected chi connectivity index (χ2v) is 10.3. The number of likely N-dealkylation sites (tertiary alicyclic amines) is 1. The van der Waals surface area contributed by atoms with Crippen molar-refractivity contribution in [1.82, 2.24) is 14.9 Å². The molecule has 0 saturated carbocycles. The molecule has 2 fully saturated rings. The van der Waals surface area contributed by atoms with Crippen LogP contribution in [0.25, 0.3) is 0 Å².